The third-order valence-corrected chi connectivity index (χ3v) is 5.25. The van der Waals surface area contributed by atoms with Gasteiger partial charge in [-0.25, -0.2) is 0 Å². The van der Waals surface area contributed by atoms with Gasteiger partial charge < -0.3 is 10.2 Å². The number of carbonyl (C=O) groups is 2. The predicted octanol–water partition coefficient (Wildman–Crippen LogP) is 2.15. The molecule has 1 aromatic heterocycles. The van der Waals surface area contributed by atoms with Gasteiger partial charge in [0.25, 0.3) is 5.91 Å². The molecule has 2 fully saturated rings. The standard InChI is InChI=1S/C18H26N4O2/c1-3-17(23)21-11-14(12-21)13(2)19-18(24)16-9-10-22(20-16)15-7-5-4-6-8-15/h3,9-10,13-15H,1,4-8,11-12H2,2H3,(H,19,24). The van der Waals surface area contributed by atoms with Gasteiger partial charge >= 0.3 is 0 Å². The van der Waals surface area contributed by atoms with Gasteiger partial charge in [0.05, 0.1) is 6.04 Å². The highest BCUT2D eigenvalue weighted by Crippen LogP contribution is 2.27. The summed E-state index contributed by atoms with van der Waals surface area (Å²) in [5.74, 6) is 0.111. The van der Waals surface area contributed by atoms with Crippen molar-refractivity contribution in [3.8, 4) is 0 Å². The van der Waals surface area contributed by atoms with Crippen LogP contribution < -0.4 is 5.32 Å². The molecule has 1 saturated carbocycles. The molecule has 1 unspecified atom stereocenters. The van der Waals surface area contributed by atoms with E-state index in [1.807, 2.05) is 17.8 Å². The average Bonchev–Trinajstić information content (AvgIpc) is 3.04. The highest BCUT2D eigenvalue weighted by Gasteiger charge is 2.34. The number of nitrogens with one attached hydrogen (secondary N) is 1. The van der Waals surface area contributed by atoms with Crippen LogP contribution in [0.15, 0.2) is 24.9 Å². The van der Waals surface area contributed by atoms with E-state index in [2.05, 4.69) is 17.0 Å². The lowest BCUT2D eigenvalue weighted by Crippen LogP contribution is -2.57. The van der Waals surface area contributed by atoms with Crippen molar-refractivity contribution in [2.24, 2.45) is 5.92 Å². The molecular weight excluding hydrogens is 304 g/mol. The molecule has 0 spiro atoms. The molecule has 0 aromatic carbocycles. The number of hydrogen-bond acceptors (Lipinski definition) is 3. The molecule has 130 valence electrons. The molecule has 2 heterocycles. The molecule has 1 N–H and O–H groups in total. The molecule has 1 aromatic rings. The maximum atomic E-state index is 12.4. The highest BCUT2D eigenvalue weighted by atomic mass is 16.2. The van der Waals surface area contributed by atoms with Gasteiger partial charge in [-0.2, -0.15) is 5.10 Å². The van der Waals surface area contributed by atoms with Crippen LogP contribution in [0.25, 0.3) is 0 Å². The topological polar surface area (TPSA) is 67.2 Å². The quantitative estimate of drug-likeness (QED) is 0.841. The summed E-state index contributed by atoms with van der Waals surface area (Å²) in [4.78, 5) is 25.6. The van der Waals surface area contributed by atoms with E-state index >= 15 is 0 Å². The SMILES string of the molecule is C=CC(=O)N1CC(C(C)NC(=O)c2ccn(C3CCCCC3)n2)C1. The summed E-state index contributed by atoms with van der Waals surface area (Å²) in [6, 6.07) is 2.25. The smallest absolute Gasteiger partial charge is 0.271 e. The van der Waals surface area contributed by atoms with Crippen LogP contribution in [0.3, 0.4) is 0 Å². The monoisotopic (exact) mass is 330 g/mol. The van der Waals surface area contributed by atoms with Gasteiger partial charge in [0.1, 0.15) is 5.69 Å². The lowest BCUT2D eigenvalue weighted by molar-refractivity contribution is -0.132. The van der Waals surface area contributed by atoms with Crippen molar-refractivity contribution >= 4 is 11.8 Å². The molecule has 24 heavy (non-hydrogen) atoms. The number of hydrogen-bond donors (Lipinski definition) is 1. The Hall–Kier alpha value is -2.11. The van der Waals surface area contributed by atoms with E-state index in [9.17, 15) is 9.59 Å². The minimum Gasteiger partial charge on any atom is -0.348 e. The van der Waals surface area contributed by atoms with Gasteiger partial charge in [-0.15, -0.1) is 0 Å². The number of carbonyl (C=O) groups excluding carboxylic acids is 2. The Kier molecular flexibility index (Phi) is 5.02. The van der Waals surface area contributed by atoms with Crippen molar-refractivity contribution in [3.05, 3.63) is 30.6 Å². The lowest BCUT2D eigenvalue weighted by Gasteiger charge is -2.42. The van der Waals surface area contributed by atoms with Gasteiger partial charge in [-0.1, -0.05) is 25.8 Å². The Morgan fingerprint density at radius 2 is 2.04 bits per heavy atom. The van der Waals surface area contributed by atoms with E-state index in [1.54, 1.807) is 11.0 Å². The van der Waals surface area contributed by atoms with Crippen LogP contribution in [-0.2, 0) is 4.79 Å². The predicted molar refractivity (Wildman–Crippen MR) is 91.5 cm³/mol. The van der Waals surface area contributed by atoms with Crippen molar-refractivity contribution in [3.63, 3.8) is 0 Å². The minimum atomic E-state index is -0.134. The van der Waals surface area contributed by atoms with Crippen LogP contribution in [0.5, 0.6) is 0 Å². The van der Waals surface area contributed by atoms with Crippen molar-refractivity contribution in [1.29, 1.82) is 0 Å². The van der Waals surface area contributed by atoms with Crippen molar-refractivity contribution in [1.82, 2.24) is 20.0 Å². The summed E-state index contributed by atoms with van der Waals surface area (Å²) < 4.78 is 1.95. The van der Waals surface area contributed by atoms with E-state index < -0.39 is 0 Å². The van der Waals surface area contributed by atoms with Crippen molar-refractivity contribution in [2.75, 3.05) is 13.1 Å². The van der Waals surface area contributed by atoms with Crippen LogP contribution in [0.1, 0.15) is 55.6 Å². The molecule has 2 amide bonds. The maximum Gasteiger partial charge on any atom is 0.271 e. The van der Waals surface area contributed by atoms with Gasteiger partial charge in [-0.05, 0) is 31.9 Å². The Morgan fingerprint density at radius 3 is 2.71 bits per heavy atom. The normalized spacial score (nSPS) is 20.3. The summed E-state index contributed by atoms with van der Waals surface area (Å²) in [5, 5.41) is 7.49. The molecular formula is C18H26N4O2. The van der Waals surface area contributed by atoms with E-state index in [0.717, 1.165) is 12.8 Å². The molecule has 2 aliphatic rings. The second-order valence-corrected chi connectivity index (χ2v) is 6.94. The van der Waals surface area contributed by atoms with Gasteiger partial charge in [0, 0.05) is 31.2 Å². The second-order valence-electron chi connectivity index (χ2n) is 6.94. The summed E-state index contributed by atoms with van der Waals surface area (Å²) in [5.41, 5.74) is 0.478. The molecule has 6 heteroatoms. The van der Waals surface area contributed by atoms with Gasteiger partial charge in [0.2, 0.25) is 5.91 Å². The Labute approximate surface area is 142 Å². The number of amides is 2. The molecule has 1 aliphatic carbocycles. The highest BCUT2D eigenvalue weighted by molar-refractivity contribution is 5.92. The number of likely N-dealkylation sites (tertiary alicyclic amines) is 1. The number of nitrogens with zero attached hydrogens (tertiary/aromatic N) is 3. The minimum absolute atomic E-state index is 0.0196. The van der Waals surface area contributed by atoms with Crippen molar-refractivity contribution < 1.29 is 9.59 Å². The molecule has 0 radical (unpaired) electrons. The summed E-state index contributed by atoms with van der Waals surface area (Å²) in [6.07, 6.45) is 9.33. The fraction of sp³-hybridized carbons (Fsp3) is 0.611. The average molecular weight is 330 g/mol. The fourth-order valence-corrected chi connectivity index (χ4v) is 3.54. The maximum absolute atomic E-state index is 12.4. The van der Waals surface area contributed by atoms with Crippen LogP contribution in [0, 0.1) is 5.92 Å². The van der Waals surface area contributed by atoms with E-state index in [1.165, 1.54) is 25.3 Å². The van der Waals surface area contributed by atoms with E-state index in [0.29, 0.717) is 30.7 Å². The lowest BCUT2D eigenvalue weighted by atomic mass is 9.92. The number of aromatic nitrogens is 2. The molecule has 1 atom stereocenters. The molecule has 1 saturated heterocycles. The molecule has 6 nitrogen and oxygen atoms in total. The first-order valence-corrected chi connectivity index (χ1v) is 8.86. The third-order valence-electron chi connectivity index (χ3n) is 5.25. The van der Waals surface area contributed by atoms with Crippen LogP contribution >= 0.6 is 0 Å². The zero-order valence-electron chi connectivity index (χ0n) is 14.3. The zero-order chi connectivity index (χ0) is 17.1. The number of rotatable bonds is 5. The van der Waals surface area contributed by atoms with E-state index in [-0.39, 0.29) is 17.9 Å². The molecule has 0 bridgehead atoms. The van der Waals surface area contributed by atoms with E-state index in [4.69, 9.17) is 0 Å². The van der Waals surface area contributed by atoms with Gasteiger partial charge in [0.15, 0.2) is 0 Å². The van der Waals surface area contributed by atoms with Gasteiger partial charge in [-0.3, -0.25) is 14.3 Å². The first kappa shape index (κ1) is 16.7. The largest absolute Gasteiger partial charge is 0.348 e. The summed E-state index contributed by atoms with van der Waals surface area (Å²) >= 11 is 0. The Balaban J connectivity index is 1.51. The Morgan fingerprint density at radius 1 is 1.33 bits per heavy atom. The fourth-order valence-electron chi connectivity index (χ4n) is 3.54. The second kappa shape index (κ2) is 7.20. The summed E-state index contributed by atoms with van der Waals surface area (Å²) in [7, 11) is 0. The molecule has 1 aliphatic heterocycles. The van der Waals surface area contributed by atoms with Crippen LogP contribution in [-0.4, -0.2) is 45.6 Å². The van der Waals surface area contributed by atoms with Crippen LogP contribution in [0.4, 0.5) is 0 Å². The zero-order valence-corrected chi connectivity index (χ0v) is 14.3. The first-order valence-electron chi connectivity index (χ1n) is 8.86. The first-order chi connectivity index (χ1) is 11.6. The summed E-state index contributed by atoms with van der Waals surface area (Å²) in [6.45, 7) is 6.81. The Bertz CT molecular complexity index is 612. The van der Waals surface area contributed by atoms with Crippen LogP contribution in [0.2, 0.25) is 0 Å². The molecule has 3 rings (SSSR count). The van der Waals surface area contributed by atoms with Crippen molar-refractivity contribution in [2.45, 2.75) is 51.1 Å². The third kappa shape index (κ3) is 3.52.